The average Bonchev–Trinajstić information content (AvgIpc) is 3.03. The van der Waals surface area contributed by atoms with Gasteiger partial charge in [0.25, 0.3) is 0 Å². The molecule has 0 aliphatic carbocycles. The van der Waals surface area contributed by atoms with Crippen molar-refractivity contribution in [3.8, 4) is 11.1 Å². The molecule has 1 fully saturated rings. The maximum atomic E-state index is 12.8. The standard InChI is InChI=1S/C33H32N4O5.Na.H/c38-30(35-29-12-11-27(21-28(29)33(40)41)24-13-15-34-16-14-24)22-42-23-31(39)36-17-19-37(20-18-36)32(25-7-3-1-4-8-25)26-9-5-2-6-10-26;;/h1-16,21,32H,17-20,22-23H2,(H,35,38)(H,40,41);;. The summed E-state index contributed by atoms with van der Waals surface area (Å²) >= 11 is 0. The number of carboxylic acid groups (broad SMARTS) is 1. The number of hydrogen-bond acceptors (Lipinski definition) is 6. The van der Waals surface area contributed by atoms with E-state index in [1.807, 2.05) is 36.4 Å². The molecule has 0 unspecified atom stereocenters. The van der Waals surface area contributed by atoms with Gasteiger partial charge in [-0.1, -0.05) is 66.7 Å². The Morgan fingerprint density at radius 3 is 1.98 bits per heavy atom. The Labute approximate surface area is 272 Å². The predicted molar refractivity (Wildman–Crippen MR) is 166 cm³/mol. The van der Waals surface area contributed by atoms with Crippen LogP contribution in [0.3, 0.4) is 0 Å². The molecule has 10 heteroatoms. The molecule has 5 rings (SSSR count). The first-order valence-electron chi connectivity index (χ1n) is 13.8. The molecule has 43 heavy (non-hydrogen) atoms. The third-order valence-corrected chi connectivity index (χ3v) is 7.26. The SMILES string of the molecule is O=C(COCC(=O)N1CCN(C(c2ccccc2)c2ccccc2)CC1)Nc1ccc(-c2ccncc2)cc1C(=O)O.[NaH]. The summed E-state index contributed by atoms with van der Waals surface area (Å²) in [6.45, 7) is 1.90. The second kappa shape index (κ2) is 15.6. The average molecular weight is 589 g/mol. The Hall–Kier alpha value is -3.86. The van der Waals surface area contributed by atoms with Crippen LogP contribution in [0.1, 0.15) is 27.5 Å². The zero-order valence-electron chi connectivity index (χ0n) is 23.1. The van der Waals surface area contributed by atoms with Gasteiger partial charge in [0.15, 0.2) is 0 Å². The van der Waals surface area contributed by atoms with Crippen molar-refractivity contribution in [3.05, 3.63) is 120 Å². The Bertz CT molecular complexity index is 1480. The van der Waals surface area contributed by atoms with Gasteiger partial charge >= 0.3 is 35.5 Å². The van der Waals surface area contributed by atoms with E-state index < -0.39 is 11.9 Å². The molecule has 0 radical (unpaired) electrons. The summed E-state index contributed by atoms with van der Waals surface area (Å²) < 4.78 is 5.42. The molecule has 9 nitrogen and oxygen atoms in total. The van der Waals surface area contributed by atoms with Crippen LogP contribution < -0.4 is 5.32 Å². The molecule has 2 heterocycles. The third-order valence-electron chi connectivity index (χ3n) is 7.26. The van der Waals surface area contributed by atoms with Crippen LogP contribution in [0, 0.1) is 0 Å². The summed E-state index contributed by atoms with van der Waals surface area (Å²) in [6.07, 6.45) is 3.24. The first kappa shape index (κ1) is 32.1. The Kier molecular flexibility index (Phi) is 11.6. The second-order valence-electron chi connectivity index (χ2n) is 9.98. The zero-order chi connectivity index (χ0) is 29.3. The number of carbonyl (C=O) groups excluding carboxylic acids is 2. The summed E-state index contributed by atoms with van der Waals surface area (Å²) in [5, 5.41) is 12.3. The monoisotopic (exact) mass is 588 g/mol. The fourth-order valence-electron chi connectivity index (χ4n) is 5.18. The number of benzene rings is 3. The molecule has 1 aromatic heterocycles. The van der Waals surface area contributed by atoms with Crippen molar-refractivity contribution in [2.24, 2.45) is 0 Å². The summed E-state index contributed by atoms with van der Waals surface area (Å²) in [4.78, 5) is 45.3. The number of aromatic nitrogens is 1. The van der Waals surface area contributed by atoms with Crippen molar-refractivity contribution in [2.75, 3.05) is 44.7 Å². The first-order valence-corrected chi connectivity index (χ1v) is 13.8. The Morgan fingerprint density at radius 1 is 0.791 bits per heavy atom. The maximum absolute atomic E-state index is 12.8. The number of ether oxygens (including phenoxy) is 1. The van der Waals surface area contributed by atoms with E-state index in [4.69, 9.17) is 4.74 Å². The number of carbonyl (C=O) groups is 3. The molecule has 3 aromatic carbocycles. The van der Waals surface area contributed by atoms with Gasteiger partial charge in [0.1, 0.15) is 13.2 Å². The van der Waals surface area contributed by atoms with Crippen LogP contribution in [0.5, 0.6) is 0 Å². The molecule has 0 atom stereocenters. The minimum absolute atomic E-state index is 0. The minimum atomic E-state index is -1.17. The van der Waals surface area contributed by atoms with Crippen molar-refractivity contribution in [1.29, 1.82) is 0 Å². The predicted octanol–water partition coefficient (Wildman–Crippen LogP) is 3.69. The van der Waals surface area contributed by atoms with Crippen LogP contribution in [0.2, 0.25) is 0 Å². The summed E-state index contributed by atoms with van der Waals surface area (Å²) in [6, 6.07) is 29.1. The van der Waals surface area contributed by atoms with Crippen molar-refractivity contribution >= 4 is 53.0 Å². The van der Waals surface area contributed by atoms with Crippen molar-refractivity contribution in [2.45, 2.75) is 6.04 Å². The van der Waals surface area contributed by atoms with Crippen LogP contribution in [0.4, 0.5) is 5.69 Å². The first-order chi connectivity index (χ1) is 20.5. The Morgan fingerprint density at radius 2 is 1.40 bits per heavy atom. The fraction of sp³-hybridized carbons (Fsp3) is 0.212. The van der Waals surface area contributed by atoms with Gasteiger partial charge in [-0.25, -0.2) is 4.79 Å². The topological polar surface area (TPSA) is 112 Å². The van der Waals surface area contributed by atoms with Crippen molar-refractivity contribution < 1.29 is 24.2 Å². The van der Waals surface area contributed by atoms with Crippen LogP contribution in [-0.2, 0) is 14.3 Å². The molecule has 0 saturated carbocycles. The van der Waals surface area contributed by atoms with Crippen LogP contribution in [0.15, 0.2) is 103 Å². The number of nitrogens with one attached hydrogen (secondary N) is 1. The number of nitrogens with zero attached hydrogens (tertiary/aromatic N) is 3. The quantitative estimate of drug-likeness (QED) is 0.272. The van der Waals surface area contributed by atoms with E-state index in [1.54, 1.807) is 41.6 Å². The van der Waals surface area contributed by atoms with Gasteiger partial charge in [0.2, 0.25) is 11.8 Å². The third kappa shape index (κ3) is 8.37. The van der Waals surface area contributed by atoms with E-state index in [0.29, 0.717) is 31.7 Å². The number of rotatable bonds is 10. The molecule has 1 aliphatic rings. The number of piperazine rings is 1. The van der Waals surface area contributed by atoms with E-state index in [-0.39, 0.29) is 66.0 Å². The van der Waals surface area contributed by atoms with Crippen molar-refractivity contribution in [3.63, 3.8) is 0 Å². The molecule has 2 N–H and O–H groups in total. The van der Waals surface area contributed by atoms with Crippen LogP contribution in [0.25, 0.3) is 11.1 Å². The summed E-state index contributed by atoms with van der Waals surface area (Å²) in [7, 11) is 0. The number of amides is 2. The van der Waals surface area contributed by atoms with Gasteiger partial charge < -0.3 is 20.1 Å². The second-order valence-corrected chi connectivity index (χ2v) is 9.98. The van der Waals surface area contributed by atoms with Gasteiger partial charge in [0.05, 0.1) is 17.3 Å². The molecule has 1 saturated heterocycles. The number of pyridine rings is 1. The number of carboxylic acids is 1. The number of aromatic carboxylic acids is 1. The fourth-order valence-corrected chi connectivity index (χ4v) is 5.18. The van der Waals surface area contributed by atoms with Crippen LogP contribution >= 0.6 is 0 Å². The summed E-state index contributed by atoms with van der Waals surface area (Å²) in [5.41, 5.74) is 4.02. The van der Waals surface area contributed by atoms with E-state index in [9.17, 15) is 19.5 Å². The number of anilines is 1. The van der Waals surface area contributed by atoms with E-state index in [1.165, 1.54) is 17.2 Å². The van der Waals surface area contributed by atoms with Gasteiger partial charge in [-0.15, -0.1) is 0 Å². The van der Waals surface area contributed by atoms with Gasteiger partial charge in [0, 0.05) is 38.6 Å². The van der Waals surface area contributed by atoms with E-state index >= 15 is 0 Å². The molecule has 216 valence electrons. The molecule has 2 amide bonds. The zero-order valence-corrected chi connectivity index (χ0v) is 23.1. The van der Waals surface area contributed by atoms with Crippen molar-refractivity contribution in [1.82, 2.24) is 14.8 Å². The molecule has 0 bridgehead atoms. The normalized spacial score (nSPS) is 13.3. The molecular formula is C33H33N4NaO5. The summed E-state index contributed by atoms with van der Waals surface area (Å²) in [5.74, 6) is -1.90. The molecule has 0 spiro atoms. The van der Waals surface area contributed by atoms with Gasteiger partial charge in [-0.05, 0) is 46.5 Å². The Balaban J connectivity index is 0.00000423. The molecular weight excluding hydrogens is 555 g/mol. The van der Waals surface area contributed by atoms with Gasteiger partial charge in [-0.3, -0.25) is 19.5 Å². The van der Waals surface area contributed by atoms with Crippen LogP contribution in [-0.4, -0.2) is 107 Å². The van der Waals surface area contributed by atoms with E-state index in [2.05, 4.69) is 39.5 Å². The molecule has 4 aromatic rings. The molecule has 1 aliphatic heterocycles. The van der Waals surface area contributed by atoms with E-state index in [0.717, 1.165) is 5.56 Å². The number of hydrogen-bond donors (Lipinski definition) is 2. The van der Waals surface area contributed by atoms with Gasteiger partial charge in [-0.2, -0.15) is 0 Å².